The SMILES string of the molecule is COc1ncnc(C2CC2)c1-c1nc(OCc2cnc(-c3nc(C(F)(F)F)cn3C)c(F)c2)c2c(cc(C)n2COCC[Si](C)(C)C)n1. The van der Waals surface area contributed by atoms with Gasteiger partial charge in [-0.05, 0) is 37.9 Å². The van der Waals surface area contributed by atoms with Gasteiger partial charge in [0, 0.05) is 51.3 Å². The third-order valence-corrected chi connectivity index (χ3v) is 9.72. The fourth-order valence-corrected chi connectivity index (χ4v) is 6.04. The average Bonchev–Trinajstić information content (AvgIpc) is 3.72. The van der Waals surface area contributed by atoms with Crippen molar-refractivity contribution in [1.29, 1.82) is 0 Å². The minimum Gasteiger partial charge on any atom is -0.480 e. The molecular weight excluding hydrogens is 648 g/mol. The molecule has 48 heavy (non-hydrogen) atoms. The number of aromatic nitrogens is 8. The van der Waals surface area contributed by atoms with Crippen LogP contribution in [0.25, 0.3) is 33.9 Å². The number of aryl methyl sites for hydroxylation is 2. The third kappa shape index (κ3) is 7.04. The van der Waals surface area contributed by atoms with Crippen molar-refractivity contribution in [1.82, 2.24) is 39.0 Å². The fourth-order valence-electron chi connectivity index (χ4n) is 5.28. The van der Waals surface area contributed by atoms with Gasteiger partial charge in [-0.2, -0.15) is 18.2 Å². The van der Waals surface area contributed by atoms with Crippen LogP contribution in [-0.4, -0.2) is 60.8 Å². The van der Waals surface area contributed by atoms with Gasteiger partial charge >= 0.3 is 6.18 Å². The number of imidazole rings is 1. The summed E-state index contributed by atoms with van der Waals surface area (Å²) in [6, 6.07) is 4.07. The highest BCUT2D eigenvalue weighted by atomic mass is 28.3. The van der Waals surface area contributed by atoms with Gasteiger partial charge in [0.15, 0.2) is 23.2 Å². The molecule has 1 fully saturated rings. The van der Waals surface area contributed by atoms with E-state index >= 15 is 4.39 Å². The van der Waals surface area contributed by atoms with Gasteiger partial charge < -0.3 is 23.3 Å². The van der Waals surface area contributed by atoms with E-state index < -0.39 is 25.8 Å². The second-order valence-electron chi connectivity index (χ2n) is 13.1. The van der Waals surface area contributed by atoms with Gasteiger partial charge in [-0.1, -0.05) is 19.6 Å². The van der Waals surface area contributed by atoms with E-state index in [1.807, 2.05) is 17.6 Å². The third-order valence-electron chi connectivity index (χ3n) is 8.01. The van der Waals surface area contributed by atoms with Gasteiger partial charge in [0.1, 0.15) is 36.4 Å². The largest absolute Gasteiger partial charge is 0.480 e. The Kier molecular flexibility index (Phi) is 8.97. The van der Waals surface area contributed by atoms with Crippen LogP contribution < -0.4 is 9.47 Å². The Balaban J connectivity index is 1.36. The van der Waals surface area contributed by atoms with Crippen LogP contribution in [0.2, 0.25) is 25.7 Å². The summed E-state index contributed by atoms with van der Waals surface area (Å²) in [6.07, 6.45) is 0.874. The number of hydrogen-bond donors (Lipinski definition) is 0. The Morgan fingerprint density at radius 3 is 2.44 bits per heavy atom. The normalized spacial score (nSPS) is 13.8. The molecule has 0 saturated heterocycles. The van der Waals surface area contributed by atoms with E-state index in [1.54, 1.807) is 0 Å². The summed E-state index contributed by atoms with van der Waals surface area (Å²) in [5.41, 5.74) is 2.32. The van der Waals surface area contributed by atoms with Crippen molar-refractivity contribution < 1.29 is 31.8 Å². The highest BCUT2D eigenvalue weighted by Gasteiger charge is 2.35. The molecule has 254 valence electrons. The second-order valence-corrected chi connectivity index (χ2v) is 18.7. The van der Waals surface area contributed by atoms with Crippen LogP contribution in [0, 0.1) is 12.7 Å². The molecule has 5 aromatic rings. The number of pyridine rings is 1. The number of hydrogen-bond acceptors (Lipinski definition) is 9. The minimum atomic E-state index is -4.67. The highest BCUT2D eigenvalue weighted by molar-refractivity contribution is 6.76. The number of halogens is 4. The first-order valence-corrected chi connectivity index (χ1v) is 19.2. The molecule has 0 amide bonds. The second kappa shape index (κ2) is 12.9. The van der Waals surface area contributed by atoms with Gasteiger partial charge in [-0.25, -0.2) is 29.3 Å². The van der Waals surface area contributed by atoms with E-state index in [0.717, 1.165) is 47.1 Å². The summed E-state index contributed by atoms with van der Waals surface area (Å²) in [6.45, 7) is 9.49. The van der Waals surface area contributed by atoms with Gasteiger partial charge in [-0.15, -0.1) is 0 Å². The Morgan fingerprint density at radius 1 is 1.02 bits per heavy atom. The lowest BCUT2D eigenvalue weighted by Gasteiger charge is -2.17. The number of fused-ring (bicyclic) bond motifs is 1. The first-order valence-electron chi connectivity index (χ1n) is 15.5. The Hall–Kier alpha value is -4.44. The van der Waals surface area contributed by atoms with Gasteiger partial charge in [0.25, 0.3) is 0 Å². The topological polar surface area (TPSA) is 115 Å². The fraction of sp³-hybridized carbons (Fsp3) is 0.438. The molecule has 0 bridgehead atoms. The molecule has 1 saturated carbocycles. The van der Waals surface area contributed by atoms with E-state index in [1.165, 1.54) is 26.7 Å². The Morgan fingerprint density at radius 2 is 1.79 bits per heavy atom. The Labute approximate surface area is 275 Å². The first kappa shape index (κ1) is 33.5. The highest BCUT2D eigenvalue weighted by Crippen LogP contribution is 2.45. The van der Waals surface area contributed by atoms with Crippen molar-refractivity contribution in [3.8, 4) is 34.7 Å². The van der Waals surface area contributed by atoms with Crippen molar-refractivity contribution in [2.24, 2.45) is 7.05 Å². The molecule has 0 atom stereocenters. The van der Waals surface area contributed by atoms with Crippen LogP contribution in [0.5, 0.6) is 11.8 Å². The number of methoxy groups -OCH3 is 1. The predicted molar refractivity (Wildman–Crippen MR) is 172 cm³/mol. The van der Waals surface area contributed by atoms with E-state index in [2.05, 4.69) is 39.6 Å². The standard InChI is InChI=1S/C32H36F4N8O3Si/c1-18-11-22-27(44(18)17-46-9-10-48(4,5)6)31(42-28(40-22)24-25(20-7-8-20)38-16-39-30(24)45-3)47-15-19-12-21(33)26(37-13-19)29-41-23(14-43(29)2)32(34,35)36/h11-14,16,20H,7-10,15,17H2,1-6H3. The molecule has 6 rings (SSSR count). The summed E-state index contributed by atoms with van der Waals surface area (Å²) < 4.78 is 75.9. The molecule has 1 aliphatic carbocycles. The van der Waals surface area contributed by atoms with Crippen LogP contribution in [0.4, 0.5) is 17.6 Å². The number of ether oxygens (including phenoxy) is 3. The van der Waals surface area contributed by atoms with Crippen molar-refractivity contribution in [3.63, 3.8) is 0 Å². The first-order chi connectivity index (χ1) is 22.7. The van der Waals surface area contributed by atoms with E-state index in [4.69, 9.17) is 24.2 Å². The lowest BCUT2D eigenvalue weighted by atomic mass is 10.1. The van der Waals surface area contributed by atoms with Gasteiger partial charge in [0.05, 0.1) is 18.3 Å². The van der Waals surface area contributed by atoms with Gasteiger partial charge in [0.2, 0.25) is 11.8 Å². The van der Waals surface area contributed by atoms with Crippen LogP contribution >= 0.6 is 0 Å². The van der Waals surface area contributed by atoms with Crippen molar-refractivity contribution >= 4 is 19.1 Å². The monoisotopic (exact) mass is 684 g/mol. The summed E-state index contributed by atoms with van der Waals surface area (Å²) >= 11 is 0. The van der Waals surface area contributed by atoms with Crippen molar-refractivity contribution in [2.45, 2.75) is 70.9 Å². The molecule has 5 aromatic heterocycles. The molecule has 0 radical (unpaired) electrons. The van der Waals surface area contributed by atoms with E-state index in [9.17, 15) is 13.2 Å². The molecule has 11 nitrogen and oxygen atoms in total. The van der Waals surface area contributed by atoms with Crippen LogP contribution in [0.3, 0.4) is 0 Å². The zero-order valence-corrected chi connectivity index (χ0v) is 28.5. The maximum atomic E-state index is 15.3. The lowest BCUT2D eigenvalue weighted by molar-refractivity contribution is -0.140. The van der Waals surface area contributed by atoms with E-state index in [0.29, 0.717) is 40.5 Å². The van der Waals surface area contributed by atoms with Crippen molar-refractivity contribution in [2.75, 3.05) is 13.7 Å². The van der Waals surface area contributed by atoms with Crippen molar-refractivity contribution in [3.05, 3.63) is 59.3 Å². The molecule has 5 heterocycles. The molecule has 0 aliphatic heterocycles. The molecule has 0 aromatic carbocycles. The molecular formula is C32H36F4N8O3Si. The predicted octanol–water partition coefficient (Wildman–Crippen LogP) is 6.93. The molecule has 16 heteroatoms. The number of nitrogens with zero attached hydrogens (tertiary/aromatic N) is 8. The maximum Gasteiger partial charge on any atom is 0.434 e. The minimum absolute atomic E-state index is 0.150. The number of rotatable bonds is 12. The smallest absolute Gasteiger partial charge is 0.434 e. The summed E-state index contributed by atoms with van der Waals surface area (Å²) in [7, 11) is 1.56. The molecule has 0 N–H and O–H groups in total. The van der Waals surface area contributed by atoms with E-state index in [-0.39, 0.29) is 36.7 Å². The zero-order valence-electron chi connectivity index (χ0n) is 27.5. The summed E-state index contributed by atoms with van der Waals surface area (Å²) in [4.78, 5) is 26.2. The Bertz CT molecular complexity index is 1970. The summed E-state index contributed by atoms with van der Waals surface area (Å²) in [5, 5.41) is 0. The quantitative estimate of drug-likeness (QED) is 0.0784. The lowest BCUT2D eigenvalue weighted by Crippen LogP contribution is -2.22. The number of alkyl halides is 3. The van der Waals surface area contributed by atoms with Crippen LogP contribution in [0.1, 0.15) is 41.4 Å². The zero-order chi connectivity index (χ0) is 34.4. The van der Waals surface area contributed by atoms with Gasteiger partial charge in [-0.3, -0.25) is 0 Å². The maximum absolute atomic E-state index is 15.3. The van der Waals surface area contributed by atoms with Crippen LogP contribution in [0.15, 0.2) is 30.9 Å². The average molecular weight is 685 g/mol. The molecule has 1 aliphatic rings. The molecule has 0 unspecified atom stereocenters. The molecule has 0 spiro atoms. The van der Waals surface area contributed by atoms with Crippen LogP contribution in [-0.2, 0) is 31.3 Å². The summed E-state index contributed by atoms with van der Waals surface area (Å²) in [5.74, 6) is 0.0270.